The van der Waals surface area contributed by atoms with Crippen LogP contribution in [0.25, 0.3) is 0 Å². The van der Waals surface area contributed by atoms with E-state index in [0.717, 1.165) is 11.4 Å². The third-order valence-corrected chi connectivity index (χ3v) is 4.65. The molecule has 0 spiro atoms. The molecule has 7 heteroatoms. The van der Waals surface area contributed by atoms with Gasteiger partial charge >= 0.3 is 0 Å². The molecule has 1 atom stereocenters. The summed E-state index contributed by atoms with van der Waals surface area (Å²) in [5.41, 5.74) is 7.56. The van der Waals surface area contributed by atoms with Gasteiger partial charge in [0.05, 0.1) is 10.2 Å². The first kappa shape index (κ1) is 13.9. The Morgan fingerprint density at radius 1 is 1.45 bits per heavy atom. The molecule has 3 nitrogen and oxygen atoms in total. The normalized spacial score (nSPS) is 17.5. The number of fused-ring (bicyclic) bond motifs is 1. The Balaban J connectivity index is 2.05. The van der Waals surface area contributed by atoms with Crippen LogP contribution >= 0.6 is 28.1 Å². The minimum atomic E-state index is -0.537. The van der Waals surface area contributed by atoms with Crippen LogP contribution in [0.2, 0.25) is 0 Å². The van der Waals surface area contributed by atoms with Crippen LogP contribution < -0.4 is 5.73 Å². The van der Waals surface area contributed by atoms with Crippen molar-refractivity contribution < 1.29 is 8.78 Å². The van der Waals surface area contributed by atoms with Crippen molar-refractivity contribution in [2.75, 3.05) is 0 Å². The number of H-pyrrole nitrogens is 1. The Hall–Kier alpha value is -1.05. The van der Waals surface area contributed by atoms with Crippen molar-refractivity contribution in [3.05, 3.63) is 50.0 Å². The van der Waals surface area contributed by atoms with E-state index >= 15 is 0 Å². The number of rotatable bonds is 2. The number of halogens is 3. The summed E-state index contributed by atoms with van der Waals surface area (Å²) >= 11 is 8.32. The Kier molecular flexibility index (Phi) is 3.51. The lowest BCUT2D eigenvalue weighted by atomic mass is 9.95. The van der Waals surface area contributed by atoms with Crippen LogP contribution in [0, 0.1) is 16.4 Å². The molecule has 0 bridgehead atoms. The number of aromatic nitrogens is 2. The van der Waals surface area contributed by atoms with Crippen molar-refractivity contribution in [1.29, 1.82) is 0 Å². The van der Waals surface area contributed by atoms with Crippen molar-refractivity contribution in [2.24, 2.45) is 5.73 Å². The Morgan fingerprint density at radius 3 is 2.90 bits per heavy atom. The average Bonchev–Trinajstić information content (AvgIpc) is 2.96. The number of imidazole rings is 1. The van der Waals surface area contributed by atoms with E-state index in [4.69, 9.17) is 18.0 Å². The summed E-state index contributed by atoms with van der Waals surface area (Å²) in [5, 5.41) is 0. The standard InChI is InChI=1S/C13H12BrF2N3S/c14-7-1-2-8(15)11(12(7)16)6-3-10-9(4-17)18-13(20)19(10)5-6/h1-2,6H,3-5,17H2,(H,18,20). The van der Waals surface area contributed by atoms with Crippen LogP contribution in [0.4, 0.5) is 8.78 Å². The van der Waals surface area contributed by atoms with E-state index in [1.165, 1.54) is 12.1 Å². The third-order valence-electron chi connectivity index (χ3n) is 3.71. The molecule has 3 N–H and O–H groups in total. The number of nitrogens with zero attached hydrogens (tertiary/aromatic N) is 1. The molecule has 2 heterocycles. The van der Waals surface area contributed by atoms with Gasteiger partial charge in [-0.2, -0.15) is 0 Å². The second-order valence-corrected chi connectivity index (χ2v) is 6.07. The van der Waals surface area contributed by atoms with Crippen molar-refractivity contribution in [2.45, 2.75) is 25.4 Å². The predicted octanol–water partition coefficient (Wildman–Crippen LogP) is 3.38. The van der Waals surface area contributed by atoms with Gasteiger partial charge in [0.1, 0.15) is 11.6 Å². The van der Waals surface area contributed by atoms with Crippen LogP contribution in [0.3, 0.4) is 0 Å². The van der Waals surface area contributed by atoms with Gasteiger partial charge in [0.2, 0.25) is 0 Å². The van der Waals surface area contributed by atoms with Crippen molar-refractivity contribution >= 4 is 28.1 Å². The summed E-state index contributed by atoms with van der Waals surface area (Å²) in [6.07, 6.45) is 0.532. The molecule has 3 rings (SSSR count). The number of hydrogen-bond donors (Lipinski definition) is 2. The van der Waals surface area contributed by atoms with E-state index in [0.29, 0.717) is 24.3 Å². The average molecular weight is 360 g/mol. The maximum Gasteiger partial charge on any atom is 0.177 e. The molecule has 0 amide bonds. The molecule has 106 valence electrons. The lowest BCUT2D eigenvalue weighted by Gasteiger charge is -2.13. The van der Waals surface area contributed by atoms with Gasteiger partial charge in [-0.1, -0.05) is 0 Å². The van der Waals surface area contributed by atoms with Crippen molar-refractivity contribution in [3.63, 3.8) is 0 Å². The van der Waals surface area contributed by atoms with Crippen molar-refractivity contribution in [1.82, 2.24) is 9.55 Å². The molecule has 1 unspecified atom stereocenters. The fourth-order valence-corrected chi connectivity index (χ4v) is 3.43. The lowest BCUT2D eigenvalue weighted by Crippen LogP contribution is -2.08. The monoisotopic (exact) mass is 359 g/mol. The van der Waals surface area contributed by atoms with Gasteiger partial charge in [0.15, 0.2) is 4.77 Å². The Bertz CT molecular complexity index is 738. The SMILES string of the molecule is NCc1[nH]c(=S)n2c1CC(c1c(F)ccc(Br)c1F)C2. The number of nitrogens with two attached hydrogens (primary N) is 1. The number of hydrogen-bond acceptors (Lipinski definition) is 2. The lowest BCUT2D eigenvalue weighted by molar-refractivity contribution is 0.509. The molecule has 20 heavy (non-hydrogen) atoms. The maximum atomic E-state index is 14.2. The summed E-state index contributed by atoms with van der Waals surface area (Å²) in [6, 6.07) is 2.65. The summed E-state index contributed by atoms with van der Waals surface area (Å²) < 4.78 is 30.8. The minimum absolute atomic E-state index is 0.112. The van der Waals surface area contributed by atoms with Crippen LogP contribution in [0.1, 0.15) is 22.9 Å². The van der Waals surface area contributed by atoms with Gasteiger partial charge in [-0.3, -0.25) is 0 Å². The fraction of sp³-hybridized carbons (Fsp3) is 0.308. The first-order chi connectivity index (χ1) is 9.52. The van der Waals surface area contributed by atoms with Crippen LogP contribution in [-0.4, -0.2) is 9.55 Å². The number of nitrogens with one attached hydrogen (secondary N) is 1. The number of benzene rings is 1. The van der Waals surface area contributed by atoms with E-state index in [2.05, 4.69) is 20.9 Å². The van der Waals surface area contributed by atoms with Crippen LogP contribution in [0.15, 0.2) is 16.6 Å². The van der Waals surface area contributed by atoms with E-state index in [1.807, 2.05) is 4.57 Å². The molecular weight excluding hydrogens is 348 g/mol. The highest BCUT2D eigenvalue weighted by atomic mass is 79.9. The summed E-state index contributed by atoms with van der Waals surface area (Å²) in [6.45, 7) is 0.803. The maximum absolute atomic E-state index is 14.2. The summed E-state index contributed by atoms with van der Waals surface area (Å²) in [5.74, 6) is -1.32. The van der Waals surface area contributed by atoms with Crippen LogP contribution in [0.5, 0.6) is 0 Å². The van der Waals surface area contributed by atoms with Gasteiger partial charge in [-0.15, -0.1) is 0 Å². The highest BCUT2D eigenvalue weighted by Crippen LogP contribution is 2.36. The molecule has 1 aliphatic heterocycles. The fourth-order valence-electron chi connectivity index (χ4n) is 2.78. The smallest absolute Gasteiger partial charge is 0.177 e. The third kappa shape index (κ3) is 2.04. The second-order valence-electron chi connectivity index (χ2n) is 4.83. The van der Waals surface area contributed by atoms with Gasteiger partial charge in [-0.05, 0) is 46.7 Å². The first-order valence-corrected chi connectivity index (χ1v) is 7.37. The molecular formula is C13H12BrF2N3S. The van der Waals surface area contributed by atoms with Crippen molar-refractivity contribution in [3.8, 4) is 0 Å². The van der Waals surface area contributed by atoms with Gasteiger partial charge < -0.3 is 15.3 Å². The topological polar surface area (TPSA) is 46.7 Å². The molecule has 1 aromatic carbocycles. The first-order valence-electron chi connectivity index (χ1n) is 6.17. The zero-order valence-electron chi connectivity index (χ0n) is 10.4. The van der Waals surface area contributed by atoms with Gasteiger partial charge in [0, 0.05) is 30.3 Å². The largest absolute Gasteiger partial charge is 0.333 e. The highest BCUT2D eigenvalue weighted by Gasteiger charge is 2.31. The predicted molar refractivity (Wildman–Crippen MR) is 78.0 cm³/mol. The summed E-state index contributed by atoms with van der Waals surface area (Å²) in [4.78, 5) is 3.03. The Labute approximate surface area is 127 Å². The molecule has 0 aliphatic carbocycles. The van der Waals surface area contributed by atoms with E-state index in [1.54, 1.807) is 0 Å². The molecule has 2 aromatic rings. The molecule has 1 aliphatic rings. The summed E-state index contributed by atoms with van der Waals surface area (Å²) in [7, 11) is 0. The number of aromatic amines is 1. The van der Waals surface area contributed by atoms with E-state index in [9.17, 15) is 8.78 Å². The van der Waals surface area contributed by atoms with E-state index < -0.39 is 11.6 Å². The minimum Gasteiger partial charge on any atom is -0.333 e. The van der Waals surface area contributed by atoms with Gasteiger partial charge in [0.25, 0.3) is 0 Å². The molecule has 1 aromatic heterocycles. The zero-order chi connectivity index (χ0) is 14.4. The van der Waals surface area contributed by atoms with Crippen LogP contribution in [-0.2, 0) is 19.5 Å². The van der Waals surface area contributed by atoms with E-state index in [-0.39, 0.29) is 16.0 Å². The Morgan fingerprint density at radius 2 is 2.20 bits per heavy atom. The molecule has 0 saturated carbocycles. The molecule has 0 saturated heterocycles. The molecule has 0 radical (unpaired) electrons. The zero-order valence-corrected chi connectivity index (χ0v) is 12.8. The quantitative estimate of drug-likeness (QED) is 0.637. The second kappa shape index (κ2) is 5.05. The van der Waals surface area contributed by atoms with Gasteiger partial charge in [-0.25, -0.2) is 8.78 Å². The highest BCUT2D eigenvalue weighted by molar-refractivity contribution is 9.10. The molecule has 0 fully saturated rings.